The highest BCUT2D eigenvalue weighted by Crippen LogP contribution is 2.43. The quantitative estimate of drug-likeness (QED) is 0.416. The summed E-state index contributed by atoms with van der Waals surface area (Å²) in [6, 6.07) is 6.74. The van der Waals surface area contributed by atoms with E-state index in [1.54, 1.807) is 6.07 Å². The average molecular weight is 372 g/mol. The van der Waals surface area contributed by atoms with Crippen LogP contribution >= 0.6 is 0 Å². The number of benzene rings is 1. The van der Waals surface area contributed by atoms with Gasteiger partial charge in [-0.1, -0.05) is 56.6 Å². The van der Waals surface area contributed by atoms with Crippen LogP contribution in [0.1, 0.15) is 12.5 Å². The number of halogens is 3. The molecule has 0 aliphatic heterocycles. The van der Waals surface area contributed by atoms with E-state index in [4.69, 9.17) is 9.47 Å². The van der Waals surface area contributed by atoms with Gasteiger partial charge in [-0.3, -0.25) is 0 Å². The maximum atomic E-state index is 13.8. The molecule has 0 amide bonds. The number of methoxy groups -OCH3 is 1. The van der Waals surface area contributed by atoms with E-state index in [1.165, 1.54) is 31.2 Å². The van der Waals surface area contributed by atoms with Gasteiger partial charge in [0.1, 0.15) is 6.10 Å². The lowest BCUT2D eigenvalue weighted by Crippen LogP contribution is -2.52. The summed E-state index contributed by atoms with van der Waals surface area (Å²) in [6.45, 7) is 11.0. The first-order valence-corrected chi connectivity index (χ1v) is 11.2. The molecule has 0 fully saturated rings. The third-order valence-electron chi connectivity index (χ3n) is 3.86. The molecule has 2 atom stereocenters. The van der Waals surface area contributed by atoms with Crippen molar-refractivity contribution < 1.29 is 27.4 Å². The van der Waals surface area contributed by atoms with Gasteiger partial charge < -0.3 is 9.47 Å². The Morgan fingerprint density at radius 2 is 1.72 bits per heavy atom. The minimum Gasteiger partial charge on any atom is -0.455 e. The van der Waals surface area contributed by atoms with Crippen molar-refractivity contribution >= 4 is 14.0 Å². The van der Waals surface area contributed by atoms with Crippen molar-refractivity contribution in [2.75, 3.05) is 7.11 Å². The molecule has 7 heteroatoms. The lowest BCUT2D eigenvalue weighted by Gasteiger charge is -2.34. The van der Waals surface area contributed by atoms with E-state index < -0.39 is 31.9 Å². The fraction of sp³-hybridized carbons (Fsp3) is 0.444. The number of esters is 1. The normalized spacial score (nSPS) is 15.7. The summed E-state index contributed by atoms with van der Waals surface area (Å²) in [6.07, 6.45) is -5.87. The molecule has 25 heavy (non-hydrogen) atoms. The van der Waals surface area contributed by atoms with Crippen LogP contribution in [0.25, 0.3) is 0 Å². The zero-order valence-electron chi connectivity index (χ0n) is 15.0. The van der Waals surface area contributed by atoms with Crippen LogP contribution in [0.15, 0.2) is 47.8 Å². The van der Waals surface area contributed by atoms with Gasteiger partial charge in [-0.2, -0.15) is 13.2 Å². The molecule has 0 heterocycles. The second-order valence-electron chi connectivity index (χ2n) is 6.64. The molecule has 0 spiro atoms. The van der Waals surface area contributed by atoms with Crippen molar-refractivity contribution in [1.29, 1.82) is 0 Å². The molecule has 0 N–H and O–H groups in total. The Balaban J connectivity index is 3.34. The first-order chi connectivity index (χ1) is 11.4. The fourth-order valence-electron chi connectivity index (χ4n) is 2.71. The largest absolute Gasteiger partial charge is 0.455 e. The molecule has 1 aromatic carbocycles. The summed E-state index contributed by atoms with van der Waals surface area (Å²) < 4.78 is 51.4. The van der Waals surface area contributed by atoms with Crippen LogP contribution in [0.5, 0.6) is 0 Å². The second kappa shape index (κ2) is 7.60. The standard InChI is InChI=1S/C18H23F3O3Si/c1-7-15(25(4,5)6)13(2)24-16(22)17(23-3,18(19,20)21)14-11-9-8-10-12-14/h8-13H,1H2,2-6H3/t13-,17?/m1/s1. The Kier molecular flexibility index (Phi) is 6.45. The second-order valence-corrected chi connectivity index (χ2v) is 11.7. The van der Waals surface area contributed by atoms with Crippen molar-refractivity contribution in [3.05, 3.63) is 53.4 Å². The molecular formula is C18H23F3O3Si. The van der Waals surface area contributed by atoms with Crippen LogP contribution in [0.2, 0.25) is 19.6 Å². The molecule has 1 rings (SSSR count). The fourth-order valence-corrected chi connectivity index (χ4v) is 4.52. The molecule has 0 saturated carbocycles. The predicted molar refractivity (Wildman–Crippen MR) is 92.7 cm³/mol. The van der Waals surface area contributed by atoms with E-state index in [0.29, 0.717) is 5.20 Å². The SMILES string of the molecule is C=C=C([C@@H](C)OC(=O)C(OC)(c1ccccc1)C(F)(F)F)[Si](C)(C)C. The minimum atomic E-state index is -4.99. The first kappa shape index (κ1) is 21.2. The van der Waals surface area contributed by atoms with Gasteiger partial charge in [0.2, 0.25) is 0 Å². The Bertz CT molecular complexity index is 658. The highest BCUT2D eigenvalue weighted by atomic mass is 28.3. The summed E-state index contributed by atoms with van der Waals surface area (Å²) in [5, 5.41) is 0.626. The molecule has 0 saturated heterocycles. The van der Waals surface area contributed by atoms with Gasteiger partial charge in [-0.25, -0.2) is 4.79 Å². The predicted octanol–water partition coefficient (Wildman–Crippen LogP) is 4.61. The van der Waals surface area contributed by atoms with Crippen LogP contribution in [-0.4, -0.2) is 33.4 Å². The van der Waals surface area contributed by atoms with Crippen LogP contribution in [0, 0.1) is 0 Å². The van der Waals surface area contributed by atoms with E-state index in [-0.39, 0.29) is 5.56 Å². The number of hydrogen-bond donors (Lipinski definition) is 0. The maximum Gasteiger partial charge on any atom is 0.432 e. The third-order valence-corrected chi connectivity index (χ3v) is 6.06. The summed E-state index contributed by atoms with van der Waals surface area (Å²) in [4.78, 5) is 12.6. The van der Waals surface area contributed by atoms with E-state index in [2.05, 4.69) is 12.3 Å². The Labute approximate surface area is 147 Å². The van der Waals surface area contributed by atoms with E-state index in [9.17, 15) is 18.0 Å². The zero-order valence-corrected chi connectivity index (χ0v) is 16.0. The van der Waals surface area contributed by atoms with Crippen molar-refractivity contribution in [3.63, 3.8) is 0 Å². The number of ether oxygens (including phenoxy) is 2. The van der Waals surface area contributed by atoms with Crippen LogP contribution < -0.4 is 0 Å². The van der Waals surface area contributed by atoms with E-state index in [1.807, 2.05) is 19.6 Å². The Morgan fingerprint density at radius 3 is 2.08 bits per heavy atom. The lowest BCUT2D eigenvalue weighted by molar-refractivity contribution is -0.277. The monoisotopic (exact) mass is 372 g/mol. The van der Waals surface area contributed by atoms with Crippen molar-refractivity contribution in [3.8, 4) is 0 Å². The van der Waals surface area contributed by atoms with Gasteiger partial charge in [-0.15, -0.1) is 5.73 Å². The molecule has 0 aromatic heterocycles. The van der Waals surface area contributed by atoms with Gasteiger partial charge >= 0.3 is 12.1 Å². The van der Waals surface area contributed by atoms with Crippen LogP contribution in [-0.2, 0) is 19.9 Å². The molecule has 3 nitrogen and oxygen atoms in total. The first-order valence-electron chi connectivity index (χ1n) is 7.70. The van der Waals surface area contributed by atoms with Crippen molar-refractivity contribution in [1.82, 2.24) is 0 Å². The molecule has 0 aliphatic carbocycles. The molecule has 1 aromatic rings. The topological polar surface area (TPSA) is 35.5 Å². The van der Waals surface area contributed by atoms with Crippen LogP contribution in [0.3, 0.4) is 0 Å². The summed E-state index contributed by atoms with van der Waals surface area (Å²) in [7, 11) is -1.12. The van der Waals surface area contributed by atoms with Crippen molar-refractivity contribution in [2.24, 2.45) is 0 Å². The van der Waals surface area contributed by atoms with Gasteiger partial charge in [0.05, 0.1) is 8.07 Å². The minimum absolute atomic E-state index is 0.334. The number of alkyl halides is 3. The molecule has 1 unspecified atom stereocenters. The highest BCUT2D eigenvalue weighted by molar-refractivity contribution is 6.83. The Hall–Kier alpha value is -1.82. The molecule has 0 radical (unpaired) electrons. The zero-order chi connectivity index (χ0) is 19.5. The van der Waals surface area contributed by atoms with E-state index in [0.717, 1.165) is 7.11 Å². The summed E-state index contributed by atoms with van der Waals surface area (Å²) in [5.74, 6) is -1.51. The molecular weight excluding hydrogens is 349 g/mol. The van der Waals surface area contributed by atoms with E-state index >= 15 is 0 Å². The number of rotatable bonds is 6. The summed E-state index contributed by atoms with van der Waals surface area (Å²) >= 11 is 0. The Morgan fingerprint density at radius 1 is 1.20 bits per heavy atom. The number of carbonyl (C=O) groups excluding carboxylic acids is 1. The summed E-state index contributed by atoms with van der Waals surface area (Å²) in [5.41, 5.74) is -0.796. The van der Waals surface area contributed by atoms with Gasteiger partial charge in [0.15, 0.2) is 0 Å². The number of carbonyl (C=O) groups is 1. The van der Waals surface area contributed by atoms with Gasteiger partial charge in [0.25, 0.3) is 5.60 Å². The number of hydrogen-bond acceptors (Lipinski definition) is 3. The van der Waals surface area contributed by atoms with Gasteiger partial charge in [-0.05, 0) is 12.1 Å². The average Bonchev–Trinajstić information content (AvgIpc) is 2.47. The van der Waals surface area contributed by atoms with Crippen molar-refractivity contribution in [2.45, 2.75) is 44.4 Å². The highest BCUT2D eigenvalue weighted by Gasteiger charge is 2.64. The smallest absolute Gasteiger partial charge is 0.432 e. The van der Waals surface area contributed by atoms with Crippen LogP contribution in [0.4, 0.5) is 13.2 Å². The molecule has 0 aliphatic rings. The maximum absolute atomic E-state index is 13.8. The van der Waals surface area contributed by atoms with Gasteiger partial charge in [0, 0.05) is 12.7 Å². The lowest BCUT2D eigenvalue weighted by atomic mass is 9.92. The third kappa shape index (κ3) is 4.23. The molecule has 138 valence electrons. The molecule has 0 bridgehead atoms.